The standard InChI is InChI=1S/C16H25N5O2/c1-12(22)18-13-4-2-8-21(10-13)16-17-7-6-15(20-16)19-14-5-3-9-23-11-14/h6-7,13-14H,2-5,8-11H2,1H3,(H,18,22)(H,17,19,20)/t13-,14+/m1/s1. The van der Waals surface area contributed by atoms with Crippen LogP contribution < -0.4 is 15.5 Å². The quantitative estimate of drug-likeness (QED) is 0.867. The lowest BCUT2D eigenvalue weighted by atomic mass is 10.1. The van der Waals surface area contributed by atoms with E-state index in [0.717, 1.165) is 63.8 Å². The van der Waals surface area contributed by atoms with Crippen molar-refractivity contribution in [1.82, 2.24) is 15.3 Å². The third-order valence-corrected chi connectivity index (χ3v) is 4.27. The summed E-state index contributed by atoms with van der Waals surface area (Å²) in [4.78, 5) is 22.4. The smallest absolute Gasteiger partial charge is 0.227 e. The number of ether oxygens (including phenoxy) is 1. The molecule has 0 aliphatic carbocycles. The third-order valence-electron chi connectivity index (χ3n) is 4.27. The minimum atomic E-state index is 0.0190. The molecule has 2 fully saturated rings. The first-order valence-corrected chi connectivity index (χ1v) is 8.40. The molecule has 2 aliphatic rings. The van der Waals surface area contributed by atoms with E-state index in [1.165, 1.54) is 0 Å². The van der Waals surface area contributed by atoms with Crippen molar-refractivity contribution in [1.29, 1.82) is 0 Å². The summed E-state index contributed by atoms with van der Waals surface area (Å²) >= 11 is 0. The molecule has 0 unspecified atom stereocenters. The molecular weight excluding hydrogens is 294 g/mol. The average molecular weight is 319 g/mol. The van der Waals surface area contributed by atoms with Crippen LogP contribution in [0.4, 0.5) is 11.8 Å². The van der Waals surface area contributed by atoms with E-state index >= 15 is 0 Å². The lowest BCUT2D eigenvalue weighted by Gasteiger charge is -2.33. The van der Waals surface area contributed by atoms with E-state index in [4.69, 9.17) is 4.74 Å². The molecule has 126 valence electrons. The van der Waals surface area contributed by atoms with Crippen LogP contribution in [-0.4, -0.2) is 54.3 Å². The molecule has 7 nitrogen and oxygen atoms in total. The Balaban J connectivity index is 1.62. The number of aromatic nitrogens is 2. The van der Waals surface area contributed by atoms with Crippen molar-refractivity contribution in [3.05, 3.63) is 12.3 Å². The van der Waals surface area contributed by atoms with Gasteiger partial charge in [-0.15, -0.1) is 0 Å². The summed E-state index contributed by atoms with van der Waals surface area (Å²) in [6.45, 7) is 4.83. The Bertz CT molecular complexity index is 533. The summed E-state index contributed by atoms with van der Waals surface area (Å²) in [7, 11) is 0. The molecule has 2 saturated heterocycles. The minimum Gasteiger partial charge on any atom is -0.379 e. The normalized spacial score (nSPS) is 25.0. The Morgan fingerprint density at radius 1 is 1.35 bits per heavy atom. The first-order valence-electron chi connectivity index (χ1n) is 8.40. The van der Waals surface area contributed by atoms with Crippen LogP contribution in [0.25, 0.3) is 0 Å². The van der Waals surface area contributed by atoms with Gasteiger partial charge in [-0.2, -0.15) is 4.98 Å². The molecule has 7 heteroatoms. The van der Waals surface area contributed by atoms with Crippen molar-refractivity contribution in [3.8, 4) is 0 Å². The number of carbonyl (C=O) groups is 1. The van der Waals surface area contributed by atoms with E-state index in [-0.39, 0.29) is 11.9 Å². The minimum absolute atomic E-state index is 0.0190. The number of hydrogen-bond acceptors (Lipinski definition) is 6. The molecule has 0 saturated carbocycles. The van der Waals surface area contributed by atoms with E-state index in [0.29, 0.717) is 6.04 Å². The van der Waals surface area contributed by atoms with E-state index in [1.807, 2.05) is 6.07 Å². The SMILES string of the molecule is CC(=O)N[C@@H]1CCCN(c2nccc(N[C@H]3CCCOC3)n2)C1. The van der Waals surface area contributed by atoms with Crippen LogP contribution in [0.2, 0.25) is 0 Å². The van der Waals surface area contributed by atoms with Crippen LogP contribution in [0.5, 0.6) is 0 Å². The van der Waals surface area contributed by atoms with Gasteiger partial charge in [-0.25, -0.2) is 4.98 Å². The summed E-state index contributed by atoms with van der Waals surface area (Å²) < 4.78 is 5.50. The number of piperidine rings is 1. The highest BCUT2D eigenvalue weighted by molar-refractivity contribution is 5.73. The van der Waals surface area contributed by atoms with Gasteiger partial charge in [-0.3, -0.25) is 4.79 Å². The van der Waals surface area contributed by atoms with Gasteiger partial charge in [0.05, 0.1) is 12.6 Å². The summed E-state index contributed by atoms with van der Waals surface area (Å²) in [5, 5.41) is 6.42. The highest BCUT2D eigenvalue weighted by Crippen LogP contribution is 2.19. The molecular formula is C16H25N5O2. The fraction of sp³-hybridized carbons (Fsp3) is 0.688. The van der Waals surface area contributed by atoms with Crippen molar-refractivity contribution in [3.63, 3.8) is 0 Å². The van der Waals surface area contributed by atoms with Crippen LogP contribution in [0.1, 0.15) is 32.6 Å². The summed E-state index contributed by atoms with van der Waals surface area (Å²) in [5.41, 5.74) is 0. The maximum absolute atomic E-state index is 11.2. The highest BCUT2D eigenvalue weighted by atomic mass is 16.5. The van der Waals surface area contributed by atoms with Gasteiger partial charge in [0.15, 0.2) is 0 Å². The fourth-order valence-electron chi connectivity index (χ4n) is 3.21. The number of nitrogens with one attached hydrogen (secondary N) is 2. The number of hydrogen-bond donors (Lipinski definition) is 2. The Kier molecular flexibility index (Phi) is 5.27. The van der Waals surface area contributed by atoms with Gasteiger partial charge < -0.3 is 20.3 Å². The number of amides is 1. The lowest BCUT2D eigenvalue weighted by Crippen LogP contribution is -2.47. The van der Waals surface area contributed by atoms with Crippen LogP contribution >= 0.6 is 0 Å². The van der Waals surface area contributed by atoms with Gasteiger partial charge in [-0.1, -0.05) is 0 Å². The van der Waals surface area contributed by atoms with Crippen molar-refractivity contribution in [2.24, 2.45) is 0 Å². The maximum Gasteiger partial charge on any atom is 0.227 e. The Hall–Kier alpha value is -1.89. The topological polar surface area (TPSA) is 79.4 Å². The predicted octanol–water partition coefficient (Wildman–Crippen LogP) is 1.17. The second-order valence-corrected chi connectivity index (χ2v) is 6.29. The molecule has 1 amide bonds. The monoisotopic (exact) mass is 319 g/mol. The van der Waals surface area contributed by atoms with Crippen molar-refractivity contribution < 1.29 is 9.53 Å². The van der Waals surface area contributed by atoms with Gasteiger partial charge in [0.1, 0.15) is 5.82 Å². The Labute approximate surface area is 136 Å². The third kappa shape index (κ3) is 4.54. The zero-order valence-electron chi connectivity index (χ0n) is 13.6. The van der Waals surface area contributed by atoms with Gasteiger partial charge >= 0.3 is 0 Å². The molecule has 0 bridgehead atoms. The molecule has 3 heterocycles. The molecule has 1 aromatic rings. The van der Waals surface area contributed by atoms with Gasteiger partial charge in [0, 0.05) is 38.9 Å². The zero-order valence-corrected chi connectivity index (χ0v) is 13.6. The maximum atomic E-state index is 11.2. The van der Waals surface area contributed by atoms with E-state index < -0.39 is 0 Å². The molecule has 1 aromatic heterocycles. The lowest BCUT2D eigenvalue weighted by molar-refractivity contribution is -0.119. The van der Waals surface area contributed by atoms with Crippen molar-refractivity contribution in [2.75, 3.05) is 36.5 Å². The highest BCUT2D eigenvalue weighted by Gasteiger charge is 2.22. The summed E-state index contributed by atoms with van der Waals surface area (Å²) in [6.07, 6.45) is 6.01. The van der Waals surface area contributed by atoms with Crippen LogP contribution in [-0.2, 0) is 9.53 Å². The largest absolute Gasteiger partial charge is 0.379 e. The zero-order chi connectivity index (χ0) is 16.1. The van der Waals surface area contributed by atoms with Crippen LogP contribution in [0.15, 0.2) is 12.3 Å². The van der Waals surface area contributed by atoms with Crippen LogP contribution in [0.3, 0.4) is 0 Å². The first-order chi connectivity index (χ1) is 11.2. The van der Waals surface area contributed by atoms with Gasteiger partial charge in [0.25, 0.3) is 0 Å². The molecule has 2 atom stereocenters. The number of carbonyl (C=O) groups excluding carboxylic acids is 1. The van der Waals surface area contributed by atoms with E-state index in [1.54, 1.807) is 13.1 Å². The van der Waals surface area contributed by atoms with Gasteiger partial charge in [-0.05, 0) is 31.7 Å². The second kappa shape index (κ2) is 7.59. The summed E-state index contributed by atoms with van der Waals surface area (Å²) in [6, 6.07) is 2.39. The van der Waals surface area contributed by atoms with Crippen molar-refractivity contribution >= 4 is 17.7 Å². The predicted molar refractivity (Wildman–Crippen MR) is 88.5 cm³/mol. The molecule has 2 N–H and O–H groups in total. The average Bonchev–Trinajstić information content (AvgIpc) is 2.56. The Morgan fingerprint density at radius 2 is 2.22 bits per heavy atom. The second-order valence-electron chi connectivity index (χ2n) is 6.29. The van der Waals surface area contributed by atoms with Crippen molar-refractivity contribution in [2.45, 2.75) is 44.7 Å². The molecule has 0 radical (unpaired) electrons. The molecule has 0 aromatic carbocycles. The number of nitrogens with zero attached hydrogens (tertiary/aromatic N) is 3. The summed E-state index contributed by atoms with van der Waals surface area (Å²) in [5.74, 6) is 1.58. The first kappa shape index (κ1) is 16.0. The van der Waals surface area contributed by atoms with Crippen LogP contribution in [0, 0.1) is 0 Å². The fourth-order valence-corrected chi connectivity index (χ4v) is 3.21. The van der Waals surface area contributed by atoms with E-state index in [9.17, 15) is 4.79 Å². The number of anilines is 2. The Morgan fingerprint density at radius 3 is 3.00 bits per heavy atom. The van der Waals surface area contributed by atoms with Gasteiger partial charge in [0.2, 0.25) is 11.9 Å². The number of rotatable bonds is 4. The van der Waals surface area contributed by atoms with E-state index in [2.05, 4.69) is 25.5 Å². The molecule has 3 rings (SSSR count). The molecule has 0 spiro atoms. The molecule has 23 heavy (non-hydrogen) atoms. The molecule has 2 aliphatic heterocycles.